The van der Waals surface area contributed by atoms with Crippen molar-refractivity contribution in [3.8, 4) is 22.8 Å². The number of carboxylic acids is 1. The molecule has 42 heavy (non-hydrogen) atoms. The van der Waals surface area contributed by atoms with Gasteiger partial charge in [0.15, 0.2) is 0 Å². The molecule has 0 spiro atoms. The first-order valence-corrected chi connectivity index (χ1v) is 12.7. The molecule has 4 rings (SSSR count). The van der Waals surface area contributed by atoms with Crippen molar-refractivity contribution in [2.75, 3.05) is 19.1 Å². The van der Waals surface area contributed by atoms with Gasteiger partial charge in [0.25, 0.3) is 0 Å². The first kappa shape index (κ1) is 30.6. The number of ether oxygens (including phenoxy) is 2. The van der Waals surface area contributed by atoms with Gasteiger partial charge < -0.3 is 19.5 Å². The molecule has 0 atom stereocenters. The Bertz CT molecular complexity index is 1560. The van der Waals surface area contributed by atoms with E-state index in [1.165, 1.54) is 19.1 Å². The fraction of sp³-hybridized carbons (Fsp3) is 0.200. The summed E-state index contributed by atoms with van der Waals surface area (Å²) in [5.41, 5.74) is -3.53. The van der Waals surface area contributed by atoms with Gasteiger partial charge in [0, 0.05) is 18.7 Å². The minimum atomic E-state index is -5.11. The van der Waals surface area contributed by atoms with E-state index in [1.54, 1.807) is 48.5 Å². The second kappa shape index (κ2) is 12.2. The summed E-state index contributed by atoms with van der Waals surface area (Å²) < 4.78 is 84.4. The Morgan fingerprint density at radius 3 is 1.86 bits per heavy atom. The van der Waals surface area contributed by atoms with Crippen molar-refractivity contribution in [1.82, 2.24) is 4.98 Å². The maximum absolute atomic E-state index is 15.9. The van der Waals surface area contributed by atoms with Crippen LogP contribution >= 0.6 is 11.6 Å². The Morgan fingerprint density at radius 1 is 0.929 bits per heavy atom. The van der Waals surface area contributed by atoms with Crippen LogP contribution in [0.25, 0.3) is 11.3 Å². The van der Waals surface area contributed by atoms with Crippen LogP contribution in [0.2, 0.25) is 5.15 Å². The minimum Gasteiger partial charge on any atom is -0.497 e. The molecule has 0 radical (unpaired) electrons. The molecule has 220 valence electrons. The number of aromatic nitrogens is 1. The second-order valence-corrected chi connectivity index (χ2v) is 9.63. The molecule has 0 aliphatic rings. The fourth-order valence-electron chi connectivity index (χ4n) is 4.49. The number of methoxy groups -OCH3 is 2. The van der Waals surface area contributed by atoms with E-state index < -0.39 is 56.9 Å². The van der Waals surface area contributed by atoms with Crippen LogP contribution in [0.5, 0.6) is 11.5 Å². The van der Waals surface area contributed by atoms with Crippen LogP contribution in [-0.4, -0.2) is 30.3 Å². The van der Waals surface area contributed by atoms with Gasteiger partial charge >= 0.3 is 12.1 Å². The number of rotatable bonds is 9. The molecule has 12 heteroatoms. The first-order valence-electron chi connectivity index (χ1n) is 12.3. The number of nitrogens with zero attached hydrogens (tertiary/aromatic N) is 2. The number of pyridine rings is 1. The van der Waals surface area contributed by atoms with Crippen LogP contribution in [-0.2, 0) is 19.3 Å². The first-order chi connectivity index (χ1) is 19.8. The molecule has 0 bridgehead atoms. The lowest BCUT2D eigenvalue weighted by molar-refractivity contribution is -0.137. The van der Waals surface area contributed by atoms with E-state index in [2.05, 4.69) is 4.98 Å². The van der Waals surface area contributed by atoms with Crippen molar-refractivity contribution >= 4 is 23.3 Å². The summed E-state index contributed by atoms with van der Waals surface area (Å²) in [7, 11) is 2.99. The maximum Gasteiger partial charge on any atom is 0.417 e. The highest BCUT2D eigenvalue weighted by molar-refractivity contribution is 6.32. The summed E-state index contributed by atoms with van der Waals surface area (Å²) in [5, 5.41) is 8.52. The summed E-state index contributed by atoms with van der Waals surface area (Å²) in [6.07, 6.45) is -5.11. The number of aromatic carboxylic acids is 1. The van der Waals surface area contributed by atoms with Crippen molar-refractivity contribution in [2.24, 2.45) is 0 Å². The molecule has 1 N–H and O–H groups in total. The molecule has 1 heterocycles. The van der Waals surface area contributed by atoms with Crippen LogP contribution in [0, 0.1) is 18.6 Å². The van der Waals surface area contributed by atoms with Gasteiger partial charge in [-0.2, -0.15) is 13.2 Å². The number of carbonyl (C=O) groups is 1. The molecule has 1 aromatic heterocycles. The molecule has 0 saturated carbocycles. The van der Waals surface area contributed by atoms with Gasteiger partial charge in [-0.1, -0.05) is 35.9 Å². The summed E-state index contributed by atoms with van der Waals surface area (Å²) in [6, 6.07) is 15.0. The molecule has 6 nitrogen and oxygen atoms in total. The van der Waals surface area contributed by atoms with E-state index in [9.17, 15) is 23.1 Å². The average Bonchev–Trinajstić information content (AvgIpc) is 2.95. The van der Waals surface area contributed by atoms with Crippen LogP contribution in [0.4, 0.5) is 27.6 Å². The number of halogens is 6. The van der Waals surface area contributed by atoms with Crippen LogP contribution in [0.15, 0.2) is 60.7 Å². The van der Waals surface area contributed by atoms with Crippen molar-refractivity contribution in [3.05, 3.63) is 105 Å². The zero-order chi connectivity index (χ0) is 30.8. The third kappa shape index (κ3) is 6.41. The highest BCUT2D eigenvalue weighted by Gasteiger charge is 2.39. The van der Waals surface area contributed by atoms with Gasteiger partial charge in [-0.25, -0.2) is 18.6 Å². The van der Waals surface area contributed by atoms with Crippen LogP contribution in [0.1, 0.15) is 32.6 Å². The monoisotopic (exact) mass is 606 g/mol. The molecule has 0 saturated heterocycles. The minimum absolute atomic E-state index is 0.0474. The third-order valence-electron chi connectivity index (χ3n) is 6.58. The third-order valence-corrected chi connectivity index (χ3v) is 6.87. The van der Waals surface area contributed by atoms with Crippen molar-refractivity contribution in [1.29, 1.82) is 0 Å². The molecule has 0 aliphatic carbocycles. The maximum atomic E-state index is 15.9. The molecule has 0 amide bonds. The van der Waals surface area contributed by atoms with Crippen LogP contribution in [0.3, 0.4) is 0 Å². The van der Waals surface area contributed by atoms with Crippen molar-refractivity contribution < 1.29 is 41.3 Å². The lowest BCUT2D eigenvalue weighted by Gasteiger charge is -2.28. The highest BCUT2D eigenvalue weighted by atomic mass is 35.5. The zero-order valence-electron chi connectivity index (χ0n) is 22.5. The van der Waals surface area contributed by atoms with Crippen molar-refractivity contribution in [2.45, 2.75) is 26.2 Å². The van der Waals surface area contributed by atoms with Gasteiger partial charge in [0.1, 0.15) is 34.0 Å². The summed E-state index contributed by atoms with van der Waals surface area (Å²) in [5.74, 6) is -3.00. The fourth-order valence-corrected chi connectivity index (χ4v) is 4.71. The SMILES string of the molecule is COc1ccc(CN(Cc2ccc(OC)cc2)c2cc(-c3nc(Cl)c(C(=O)O)cc3F)c(C(F)(F)F)c(C)c2F)cc1. The Morgan fingerprint density at radius 2 is 1.43 bits per heavy atom. The molecule has 3 aromatic carbocycles. The predicted octanol–water partition coefficient (Wildman–Crippen LogP) is 7.93. The van der Waals surface area contributed by atoms with Gasteiger partial charge in [-0.3, -0.25) is 0 Å². The normalized spacial score (nSPS) is 11.4. The molecule has 0 fully saturated rings. The lowest BCUT2D eigenvalue weighted by atomic mass is 9.95. The van der Waals surface area contributed by atoms with E-state index in [4.69, 9.17) is 21.1 Å². The standard InChI is InChI=1S/C30H24ClF5N2O4/c1-16-25(30(34,35)36)21(27-23(32)12-22(29(39)40)28(31)37-27)13-24(26(16)33)38(14-17-4-8-19(41-2)9-5-17)15-18-6-10-20(42-3)11-7-18/h4-13H,14-15H2,1-3H3,(H,39,40). The predicted molar refractivity (Wildman–Crippen MR) is 147 cm³/mol. The highest BCUT2D eigenvalue weighted by Crippen LogP contribution is 2.44. The van der Waals surface area contributed by atoms with Gasteiger partial charge in [0.05, 0.1) is 31.0 Å². The van der Waals surface area contributed by atoms with Crippen LogP contribution < -0.4 is 14.4 Å². The van der Waals surface area contributed by atoms with Gasteiger partial charge in [-0.15, -0.1) is 0 Å². The van der Waals surface area contributed by atoms with Gasteiger partial charge in [-0.05, 0) is 60.0 Å². The number of benzene rings is 3. The van der Waals surface area contributed by atoms with Gasteiger partial charge in [0.2, 0.25) is 0 Å². The Hall–Kier alpha value is -4.38. The second-order valence-electron chi connectivity index (χ2n) is 9.27. The molecular formula is C30H24ClF5N2O4. The van der Waals surface area contributed by atoms with E-state index in [-0.39, 0.29) is 18.8 Å². The molecule has 0 unspecified atom stereocenters. The number of anilines is 1. The quantitative estimate of drug-likeness (QED) is 0.154. The largest absolute Gasteiger partial charge is 0.497 e. The number of carboxylic acid groups (broad SMARTS) is 1. The number of alkyl halides is 3. The number of hydrogen-bond donors (Lipinski definition) is 1. The Kier molecular flexibility index (Phi) is 8.91. The molecular weight excluding hydrogens is 583 g/mol. The Balaban J connectivity index is 1.94. The van der Waals surface area contributed by atoms with Crippen molar-refractivity contribution in [3.63, 3.8) is 0 Å². The molecule has 4 aromatic rings. The van der Waals surface area contributed by atoms with E-state index in [1.807, 2.05) is 0 Å². The molecule has 0 aliphatic heterocycles. The number of hydrogen-bond acceptors (Lipinski definition) is 5. The van der Waals surface area contributed by atoms with E-state index in [0.717, 1.165) is 13.0 Å². The lowest BCUT2D eigenvalue weighted by Crippen LogP contribution is -2.25. The summed E-state index contributed by atoms with van der Waals surface area (Å²) in [4.78, 5) is 16.5. The summed E-state index contributed by atoms with van der Waals surface area (Å²) in [6.45, 7) is 1.03. The van der Waals surface area contributed by atoms with E-state index in [0.29, 0.717) is 28.7 Å². The summed E-state index contributed by atoms with van der Waals surface area (Å²) >= 11 is 5.91. The topological polar surface area (TPSA) is 71.9 Å². The smallest absolute Gasteiger partial charge is 0.417 e. The Labute approximate surface area is 242 Å². The zero-order valence-corrected chi connectivity index (χ0v) is 23.3. The average molecular weight is 607 g/mol. The van der Waals surface area contributed by atoms with E-state index >= 15 is 8.78 Å².